The maximum absolute atomic E-state index is 11.2. The molecule has 0 saturated carbocycles. The normalized spacial score (nSPS) is 10.5. The van der Waals surface area contributed by atoms with Gasteiger partial charge in [-0.15, -0.1) is 10.2 Å². The van der Waals surface area contributed by atoms with Crippen LogP contribution >= 0.6 is 11.3 Å². The van der Waals surface area contributed by atoms with Crippen LogP contribution in [0.1, 0.15) is 11.9 Å². The van der Waals surface area contributed by atoms with Gasteiger partial charge in [-0.2, -0.15) is 0 Å². The van der Waals surface area contributed by atoms with E-state index in [0.29, 0.717) is 13.1 Å². The molecule has 1 aromatic heterocycles. The average Bonchev–Trinajstić information content (AvgIpc) is 2.75. The van der Waals surface area contributed by atoms with Crippen LogP contribution in [0.3, 0.4) is 0 Å². The van der Waals surface area contributed by atoms with E-state index in [1.807, 2.05) is 18.9 Å². The number of hydrogen-bond donors (Lipinski definition) is 2. The number of hydrogen-bond acceptors (Lipinski definition) is 6. The molecule has 1 amide bonds. The summed E-state index contributed by atoms with van der Waals surface area (Å²) >= 11 is 1.50. The standard InChI is InChI=1S/C9H17N5OS/c1-4-14(5-7(15)10-2)6-8-12-13-9(11-3)16-8/h4-6H2,1-3H3,(H,10,15)(H,11,13). The van der Waals surface area contributed by atoms with Gasteiger partial charge in [-0.05, 0) is 6.54 Å². The van der Waals surface area contributed by atoms with Gasteiger partial charge in [0, 0.05) is 14.1 Å². The van der Waals surface area contributed by atoms with Crippen molar-refractivity contribution in [1.29, 1.82) is 0 Å². The number of aromatic nitrogens is 2. The first-order valence-electron chi connectivity index (χ1n) is 5.12. The van der Waals surface area contributed by atoms with Crippen molar-refractivity contribution in [3.63, 3.8) is 0 Å². The van der Waals surface area contributed by atoms with Crippen molar-refractivity contribution >= 4 is 22.4 Å². The van der Waals surface area contributed by atoms with Crippen molar-refractivity contribution in [1.82, 2.24) is 20.4 Å². The molecule has 2 N–H and O–H groups in total. The predicted molar refractivity (Wildman–Crippen MR) is 64.5 cm³/mol. The molecule has 0 aromatic carbocycles. The second-order valence-electron chi connectivity index (χ2n) is 3.23. The molecule has 0 spiro atoms. The van der Waals surface area contributed by atoms with Gasteiger partial charge in [0.2, 0.25) is 11.0 Å². The van der Waals surface area contributed by atoms with E-state index in [1.54, 1.807) is 7.05 Å². The Balaban J connectivity index is 2.52. The third-order valence-corrected chi connectivity index (χ3v) is 3.06. The van der Waals surface area contributed by atoms with Crippen LogP contribution in [0, 0.1) is 0 Å². The van der Waals surface area contributed by atoms with Gasteiger partial charge in [-0.25, -0.2) is 0 Å². The van der Waals surface area contributed by atoms with E-state index in [4.69, 9.17) is 0 Å². The Kier molecular flexibility index (Phi) is 5.13. The molecule has 1 heterocycles. The zero-order valence-corrected chi connectivity index (χ0v) is 10.6. The van der Waals surface area contributed by atoms with Crippen LogP contribution in [0.15, 0.2) is 0 Å². The van der Waals surface area contributed by atoms with E-state index in [2.05, 4.69) is 20.8 Å². The highest BCUT2D eigenvalue weighted by Crippen LogP contribution is 2.15. The Morgan fingerprint density at radius 2 is 2.19 bits per heavy atom. The zero-order chi connectivity index (χ0) is 12.0. The summed E-state index contributed by atoms with van der Waals surface area (Å²) in [4.78, 5) is 13.2. The molecule has 0 atom stereocenters. The van der Waals surface area contributed by atoms with Gasteiger partial charge in [0.25, 0.3) is 0 Å². The average molecular weight is 243 g/mol. The van der Waals surface area contributed by atoms with E-state index in [-0.39, 0.29) is 5.91 Å². The molecular weight excluding hydrogens is 226 g/mol. The third kappa shape index (κ3) is 3.74. The monoisotopic (exact) mass is 243 g/mol. The van der Waals surface area contributed by atoms with Crippen LogP contribution in [0.25, 0.3) is 0 Å². The number of nitrogens with zero attached hydrogens (tertiary/aromatic N) is 3. The molecule has 1 rings (SSSR count). The summed E-state index contributed by atoms with van der Waals surface area (Å²) in [5.41, 5.74) is 0. The van der Waals surface area contributed by atoms with Gasteiger partial charge in [0.15, 0.2) is 0 Å². The fourth-order valence-electron chi connectivity index (χ4n) is 1.17. The topological polar surface area (TPSA) is 70.2 Å². The maximum Gasteiger partial charge on any atom is 0.233 e. The van der Waals surface area contributed by atoms with Gasteiger partial charge in [0.1, 0.15) is 5.01 Å². The lowest BCUT2D eigenvalue weighted by molar-refractivity contribution is -0.121. The first-order chi connectivity index (χ1) is 7.69. The maximum atomic E-state index is 11.2. The van der Waals surface area contributed by atoms with Crippen LogP contribution in [-0.4, -0.2) is 48.2 Å². The van der Waals surface area contributed by atoms with Crippen molar-refractivity contribution in [2.45, 2.75) is 13.5 Å². The SMILES string of the molecule is CCN(CC(=O)NC)Cc1nnc(NC)s1. The highest BCUT2D eigenvalue weighted by atomic mass is 32.1. The van der Waals surface area contributed by atoms with Crippen molar-refractivity contribution in [3.05, 3.63) is 5.01 Å². The van der Waals surface area contributed by atoms with Crippen molar-refractivity contribution < 1.29 is 4.79 Å². The lowest BCUT2D eigenvalue weighted by Gasteiger charge is -2.17. The van der Waals surface area contributed by atoms with Crippen molar-refractivity contribution in [2.75, 3.05) is 32.5 Å². The molecular formula is C9H17N5OS. The van der Waals surface area contributed by atoms with Gasteiger partial charge in [-0.1, -0.05) is 18.3 Å². The first kappa shape index (κ1) is 12.9. The second kappa shape index (κ2) is 6.39. The molecule has 0 aliphatic rings. The van der Waals surface area contributed by atoms with E-state index in [1.165, 1.54) is 11.3 Å². The number of nitrogens with one attached hydrogen (secondary N) is 2. The molecule has 0 fully saturated rings. The van der Waals surface area contributed by atoms with Gasteiger partial charge in [-0.3, -0.25) is 9.69 Å². The lowest BCUT2D eigenvalue weighted by Crippen LogP contribution is -2.35. The summed E-state index contributed by atoms with van der Waals surface area (Å²) in [5, 5.41) is 15.2. The van der Waals surface area contributed by atoms with E-state index in [0.717, 1.165) is 16.7 Å². The van der Waals surface area contributed by atoms with Crippen LogP contribution in [0.4, 0.5) is 5.13 Å². The summed E-state index contributed by atoms with van der Waals surface area (Å²) in [5.74, 6) is 0.0141. The molecule has 90 valence electrons. The molecule has 0 saturated heterocycles. The quantitative estimate of drug-likeness (QED) is 0.744. The minimum absolute atomic E-state index is 0.0141. The Morgan fingerprint density at radius 3 is 2.69 bits per heavy atom. The highest BCUT2D eigenvalue weighted by Gasteiger charge is 2.11. The number of amides is 1. The summed E-state index contributed by atoms with van der Waals surface area (Å²) < 4.78 is 0. The molecule has 6 nitrogen and oxygen atoms in total. The number of likely N-dealkylation sites (N-methyl/N-ethyl adjacent to an activating group) is 2. The Bertz CT molecular complexity index is 340. The third-order valence-electron chi connectivity index (χ3n) is 2.13. The molecule has 0 unspecified atom stereocenters. The fourth-order valence-corrected chi connectivity index (χ4v) is 1.91. The van der Waals surface area contributed by atoms with E-state index >= 15 is 0 Å². The van der Waals surface area contributed by atoms with Crippen molar-refractivity contribution in [2.24, 2.45) is 0 Å². The summed E-state index contributed by atoms with van der Waals surface area (Å²) in [7, 11) is 3.45. The zero-order valence-electron chi connectivity index (χ0n) is 9.78. The summed E-state index contributed by atoms with van der Waals surface area (Å²) in [6, 6.07) is 0. The van der Waals surface area contributed by atoms with Gasteiger partial charge < -0.3 is 10.6 Å². The Morgan fingerprint density at radius 1 is 1.44 bits per heavy atom. The smallest absolute Gasteiger partial charge is 0.233 e. The minimum Gasteiger partial charge on any atom is -0.363 e. The Labute approximate surface area is 99.1 Å². The molecule has 16 heavy (non-hydrogen) atoms. The number of rotatable bonds is 6. The summed E-state index contributed by atoms with van der Waals surface area (Å²) in [6.45, 7) is 3.87. The molecule has 0 radical (unpaired) electrons. The predicted octanol–water partition coefficient (Wildman–Crippen LogP) is 0.148. The van der Waals surface area contributed by atoms with Gasteiger partial charge in [0.05, 0.1) is 13.1 Å². The lowest BCUT2D eigenvalue weighted by atomic mass is 10.4. The van der Waals surface area contributed by atoms with E-state index in [9.17, 15) is 4.79 Å². The molecule has 7 heteroatoms. The van der Waals surface area contributed by atoms with Crippen LogP contribution in [0.2, 0.25) is 0 Å². The van der Waals surface area contributed by atoms with Crippen molar-refractivity contribution in [3.8, 4) is 0 Å². The fraction of sp³-hybridized carbons (Fsp3) is 0.667. The number of anilines is 1. The van der Waals surface area contributed by atoms with E-state index < -0.39 is 0 Å². The van der Waals surface area contributed by atoms with Gasteiger partial charge >= 0.3 is 0 Å². The first-order valence-corrected chi connectivity index (χ1v) is 5.94. The molecule has 0 bridgehead atoms. The minimum atomic E-state index is 0.0141. The van der Waals surface area contributed by atoms with Crippen LogP contribution < -0.4 is 10.6 Å². The second-order valence-corrected chi connectivity index (χ2v) is 4.29. The molecule has 0 aliphatic carbocycles. The molecule has 1 aromatic rings. The number of carbonyl (C=O) groups excluding carboxylic acids is 1. The number of carbonyl (C=O) groups is 1. The molecule has 0 aliphatic heterocycles. The largest absolute Gasteiger partial charge is 0.363 e. The summed E-state index contributed by atoms with van der Waals surface area (Å²) in [6.07, 6.45) is 0. The van der Waals surface area contributed by atoms with Crippen LogP contribution in [-0.2, 0) is 11.3 Å². The Hall–Kier alpha value is -1.21. The highest BCUT2D eigenvalue weighted by molar-refractivity contribution is 7.15. The van der Waals surface area contributed by atoms with Crippen LogP contribution in [0.5, 0.6) is 0 Å².